The summed E-state index contributed by atoms with van der Waals surface area (Å²) in [5.41, 5.74) is 7.70. The molecule has 0 aliphatic rings. The molecule has 0 aliphatic heterocycles. The van der Waals surface area contributed by atoms with Crippen LogP contribution in [0, 0.1) is 0 Å². The summed E-state index contributed by atoms with van der Waals surface area (Å²) in [4.78, 5) is 11.4. The SMILES string of the molecule is COC(=O)Cn1cc(CCN)c2ccc(OC)cc21. The number of carbonyl (C=O) groups is 1. The smallest absolute Gasteiger partial charge is 0.325 e. The van der Waals surface area contributed by atoms with E-state index >= 15 is 0 Å². The molecule has 2 rings (SSSR count). The first kappa shape index (κ1) is 13.4. The minimum Gasteiger partial charge on any atom is -0.497 e. The van der Waals surface area contributed by atoms with Gasteiger partial charge in [-0.15, -0.1) is 0 Å². The van der Waals surface area contributed by atoms with Crippen molar-refractivity contribution in [2.75, 3.05) is 20.8 Å². The number of rotatable bonds is 5. The summed E-state index contributed by atoms with van der Waals surface area (Å²) >= 11 is 0. The largest absolute Gasteiger partial charge is 0.497 e. The number of aromatic nitrogens is 1. The van der Waals surface area contributed by atoms with Crippen molar-refractivity contribution in [2.24, 2.45) is 5.73 Å². The van der Waals surface area contributed by atoms with Crippen LogP contribution in [0.15, 0.2) is 24.4 Å². The second kappa shape index (κ2) is 5.75. The molecule has 0 bridgehead atoms. The van der Waals surface area contributed by atoms with Crippen LogP contribution in [0.25, 0.3) is 10.9 Å². The number of hydrogen-bond acceptors (Lipinski definition) is 4. The fraction of sp³-hybridized carbons (Fsp3) is 0.357. The summed E-state index contributed by atoms with van der Waals surface area (Å²) < 4.78 is 11.8. The predicted molar refractivity (Wildman–Crippen MR) is 73.3 cm³/mol. The molecule has 5 heteroatoms. The monoisotopic (exact) mass is 262 g/mol. The molecule has 0 aliphatic carbocycles. The number of benzene rings is 1. The van der Waals surface area contributed by atoms with Crippen LogP contribution in [-0.2, 0) is 22.5 Å². The normalized spacial score (nSPS) is 10.7. The number of methoxy groups -OCH3 is 2. The van der Waals surface area contributed by atoms with Gasteiger partial charge in [-0.2, -0.15) is 0 Å². The molecule has 0 radical (unpaired) electrons. The molecule has 1 heterocycles. The van der Waals surface area contributed by atoms with Gasteiger partial charge in [0.1, 0.15) is 12.3 Å². The van der Waals surface area contributed by atoms with Gasteiger partial charge in [0.15, 0.2) is 0 Å². The van der Waals surface area contributed by atoms with Gasteiger partial charge in [0.2, 0.25) is 0 Å². The Labute approximate surface area is 111 Å². The van der Waals surface area contributed by atoms with Crippen LogP contribution in [0.3, 0.4) is 0 Å². The van der Waals surface area contributed by atoms with Crippen LogP contribution in [0.2, 0.25) is 0 Å². The maximum atomic E-state index is 11.4. The zero-order chi connectivity index (χ0) is 13.8. The molecule has 1 aromatic carbocycles. The molecule has 0 spiro atoms. The van der Waals surface area contributed by atoms with Gasteiger partial charge in [0.25, 0.3) is 0 Å². The Morgan fingerprint density at radius 2 is 2.16 bits per heavy atom. The summed E-state index contributed by atoms with van der Waals surface area (Å²) in [6, 6.07) is 5.82. The van der Waals surface area contributed by atoms with Gasteiger partial charge in [-0.1, -0.05) is 0 Å². The third kappa shape index (κ3) is 2.71. The van der Waals surface area contributed by atoms with Crippen molar-refractivity contribution >= 4 is 16.9 Å². The van der Waals surface area contributed by atoms with E-state index in [0.29, 0.717) is 6.54 Å². The predicted octanol–water partition coefficient (Wildman–Crippen LogP) is 1.32. The van der Waals surface area contributed by atoms with Crippen LogP contribution >= 0.6 is 0 Å². The Morgan fingerprint density at radius 1 is 1.37 bits per heavy atom. The molecule has 102 valence electrons. The molecule has 2 N–H and O–H groups in total. The molecule has 0 unspecified atom stereocenters. The molecular formula is C14H18N2O3. The summed E-state index contributed by atoms with van der Waals surface area (Å²) in [6.45, 7) is 0.758. The average Bonchev–Trinajstić information content (AvgIpc) is 2.76. The quantitative estimate of drug-likeness (QED) is 0.825. The van der Waals surface area contributed by atoms with Crippen molar-refractivity contribution in [1.82, 2.24) is 4.57 Å². The maximum absolute atomic E-state index is 11.4. The molecule has 0 fully saturated rings. The minimum atomic E-state index is -0.279. The Bertz CT molecular complexity index is 590. The first-order valence-electron chi connectivity index (χ1n) is 6.12. The van der Waals surface area contributed by atoms with Gasteiger partial charge in [0, 0.05) is 17.6 Å². The highest BCUT2D eigenvalue weighted by Crippen LogP contribution is 2.26. The highest BCUT2D eigenvalue weighted by atomic mass is 16.5. The van der Waals surface area contributed by atoms with Gasteiger partial charge in [-0.05, 0) is 30.7 Å². The van der Waals surface area contributed by atoms with E-state index in [4.69, 9.17) is 15.2 Å². The van der Waals surface area contributed by atoms with Crippen molar-refractivity contribution in [3.8, 4) is 5.75 Å². The van der Waals surface area contributed by atoms with Crippen molar-refractivity contribution in [2.45, 2.75) is 13.0 Å². The average molecular weight is 262 g/mol. The molecule has 19 heavy (non-hydrogen) atoms. The number of hydrogen-bond donors (Lipinski definition) is 1. The van der Waals surface area contributed by atoms with E-state index in [1.54, 1.807) is 7.11 Å². The van der Waals surface area contributed by atoms with E-state index < -0.39 is 0 Å². The van der Waals surface area contributed by atoms with Crippen molar-refractivity contribution in [1.29, 1.82) is 0 Å². The third-order valence-corrected chi connectivity index (χ3v) is 3.11. The lowest BCUT2D eigenvalue weighted by Gasteiger charge is -2.05. The third-order valence-electron chi connectivity index (χ3n) is 3.11. The first-order valence-corrected chi connectivity index (χ1v) is 6.12. The van der Waals surface area contributed by atoms with Crippen LogP contribution in [0.5, 0.6) is 5.75 Å². The van der Waals surface area contributed by atoms with E-state index in [1.165, 1.54) is 7.11 Å². The standard InChI is InChI=1S/C14H18N2O3/c1-18-11-3-4-12-10(5-6-15)8-16(13(12)7-11)9-14(17)19-2/h3-4,7-8H,5-6,9,15H2,1-2H3. The highest BCUT2D eigenvalue weighted by molar-refractivity contribution is 5.86. The van der Waals surface area contributed by atoms with E-state index in [0.717, 1.165) is 28.6 Å². The lowest BCUT2D eigenvalue weighted by atomic mass is 10.1. The second-order valence-electron chi connectivity index (χ2n) is 4.28. The highest BCUT2D eigenvalue weighted by Gasteiger charge is 2.11. The van der Waals surface area contributed by atoms with E-state index in [2.05, 4.69) is 0 Å². The van der Waals surface area contributed by atoms with E-state index in [1.807, 2.05) is 29.0 Å². The van der Waals surface area contributed by atoms with Gasteiger partial charge in [-0.25, -0.2) is 0 Å². The number of nitrogens with zero attached hydrogens (tertiary/aromatic N) is 1. The van der Waals surface area contributed by atoms with Crippen LogP contribution < -0.4 is 10.5 Å². The van der Waals surface area contributed by atoms with E-state index in [9.17, 15) is 4.79 Å². The van der Waals surface area contributed by atoms with E-state index in [-0.39, 0.29) is 12.5 Å². The lowest BCUT2D eigenvalue weighted by Crippen LogP contribution is -2.10. The first-order chi connectivity index (χ1) is 9.19. The van der Waals surface area contributed by atoms with Gasteiger partial charge in [-0.3, -0.25) is 4.79 Å². The lowest BCUT2D eigenvalue weighted by molar-refractivity contribution is -0.141. The number of esters is 1. The molecule has 0 amide bonds. The van der Waals surface area contributed by atoms with Crippen LogP contribution in [0.4, 0.5) is 0 Å². The molecule has 1 aromatic heterocycles. The number of carbonyl (C=O) groups excluding carboxylic acids is 1. The molecular weight excluding hydrogens is 244 g/mol. The van der Waals surface area contributed by atoms with Crippen molar-refractivity contribution < 1.29 is 14.3 Å². The summed E-state index contributed by atoms with van der Waals surface area (Å²) in [5.74, 6) is 0.482. The van der Waals surface area contributed by atoms with Crippen LogP contribution in [0.1, 0.15) is 5.56 Å². The van der Waals surface area contributed by atoms with Crippen molar-refractivity contribution in [3.63, 3.8) is 0 Å². The number of ether oxygens (including phenoxy) is 2. The zero-order valence-corrected chi connectivity index (χ0v) is 11.2. The molecule has 5 nitrogen and oxygen atoms in total. The fourth-order valence-electron chi connectivity index (χ4n) is 2.16. The zero-order valence-electron chi connectivity index (χ0n) is 11.2. The maximum Gasteiger partial charge on any atom is 0.325 e. The fourth-order valence-corrected chi connectivity index (χ4v) is 2.16. The second-order valence-corrected chi connectivity index (χ2v) is 4.28. The molecule has 2 aromatic rings. The Hall–Kier alpha value is -2.01. The summed E-state index contributed by atoms with van der Waals surface area (Å²) in [7, 11) is 3.00. The summed E-state index contributed by atoms with van der Waals surface area (Å²) in [5, 5.41) is 1.09. The van der Waals surface area contributed by atoms with Crippen molar-refractivity contribution in [3.05, 3.63) is 30.0 Å². The number of nitrogens with two attached hydrogens (primary N) is 1. The molecule has 0 atom stereocenters. The topological polar surface area (TPSA) is 66.5 Å². The van der Waals surface area contributed by atoms with Gasteiger partial charge >= 0.3 is 5.97 Å². The Morgan fingerprint density at radius 3 is 2.79 bits per heavy atom. The Balaban J connectivity index is 2.51. The minimum absolute atomic E-state index is 0.185. The Kier molecular flexibility index (Phi) is 4.06. The number of fused-ring (bicyclic) bond motifs is 1. The van der Waals surface area contributed by atoms with Gasteiger partial charge < -0.3 is 19.8 Å². The summed E-state index contributed by atoms with van der Waals surface area (Å²) in [6.07, 6.45) is 2.73. The van der Waals surface area contributed by atoms with Gasteiger partial charge in [0.05, 0.1) is 19.7 Å². The molecule has 0 saturated carbocycles. The molecule has 0 saturated heterocycles. The van der Waals surface area contributed by atoms with Crippen LogP contribution in [-0.4, -0.2) is 31.3 Å².